The first kappa shape index (κ1) is 20.1. The van der Waals surface area contributed by atoms with Crippen LogP contribution < -0.4 is 0 Å². The first-order valence-electron chi connectivity index (χ1n) is 10.3. The van der Waals surface area contributed by atoms with Gasteiger partial charge in [0, 0.05) is 19.0 Å². The maximum atomic E-state index is 12.9. The van der Waals surface area contributed by atoms with Crippen molar-refractivity contribution >= 4 is 39.2 Å². The third kappa shape index (κ3) is 4.33. The molecule has 4 aromatic rings. The molecule has 0 saturated carbocycles. The molecule has 1 saturated heterocycles. The van der Waals surface area contributed by atoms with Crippen LogP contribution in [0.1, 0.15) is 29.3 Å². The Balaban J connectivity index is 1.24. The average molecular weight is 451 g/mol. The van der Waals surface area contributed by atoms with Crippen molar-refractivity contribution in [3.05, 3.63) is 59.1 Å². The summed E-state index contributed by atoms with van der Waals surface area (Å²) in [5, 5.41) is 13.7. The Kier molecular flexibility index (Phi) is 5.69. The number of para-hydroxylation sites is 1. The molecule has 0 aliphatic carbocycles. The Morgan fingerprint density at radius 2 is 2.03 bits per heavy atom. The van der Waals surface area contributed by atoms with E-state index in [1.165, 1.54) is 22.0 Å². The molecule has 31 heavy (non-hydrogen) atoms. The van der Waals surface area contributed by atoms with Gasteiger partial charge in [0.1, 0.15) is 0 Å². The van der Waals surface area contributed by atoms with Gasteiger partial charge >= 0.3 is 0 Å². The fraction of sp³-hybridized carbons (Fsp3) is 0.318. The van der Waals surface area contributed by atoms with E-state index in [-0.39, 0.29) is 5.91 Å². The fourth-order valence-electron chi connectivity index (χ4n) is 3.80. The van der Waals surface area contributed by atoms with E-state index in [9.17, 15) is 4.79 Å². The van der Waals surface area contributed by atoms with E-state index in [0.29, 0.717) is 16.8 Å². The zero-order valence-electron chi connectivity index (χ0n) is 17.1. The number of aryl methyl sites for hydroxylation is 1. The molecule has 3 heterocycles. The van der Waals surface area contributed by atoms with E-state index in [1.54, 1.807) is 16.0 Å². The predicted octanol–water partition coefficient (Wildman–Crippen LogP) is 4.08. The lowest BCUT2D eigenvalue weighted by Crippen LogP contribution is -2.40. The highest BCUT2D eigenvalue weighted by Crippen LogP contribution is 2.33. The molecule has 0 bridgehead atoms. The number of nitrogens with zero attached hydrogens (tertiary/aromatic N) is 6. The maximum absolute atomic E-state index is 12.9. The van der Waals surface area contributed by atoms with E-state index in [0.717, 1.165) is 42.1 Å². The van der Waals surface area contributed by atoms with E-state index in [1.807, 2.05) is 48.2 Å². The van der Waals surface area contributed by atoms with Crippen LogP contribution in [0, 0.1) is 6.92 Å². The summed E-state index contributed by atoms with van der Waals surface area (Å²) in [4.78, 5) is 19.7. The Hall–Kier alpha value is -2.78. The van der Waals surface area contributed by atoms with Gasteiger partial charge in [0.25, 0.3) is 0 Å². The Bertz CT molecular complexity index is 1170. The van der Waals surface area contributed by atoms with Gasteiger partial charge in [0.15, 0.2) is 0 Å². The Morgan fingerprint density at radius 1 is 1.19 bits per heavy atom. The number of fused-ring (bicyclic) bond motifs is 1. The van der Waals surface area contributed by atoms with Crippen molar-refractivity contribution in [3.63, 3.8) is 0 Å². The minimum Gasteiger partial charge on any atom is -0.341 e. The number of hydrogen-bond donors (Lipinski definition) is 0. The van der Waals surface area contributed by atoms with Crippen LogP contribution >= 0.6 is 23.1 Å². The molecule has 1 aliphatic heterocycles. The average Bonchev–Trinajstić information content (AvgIpc) is 3.45. The minimum atomic E-state index is 0.120. The van der Waals surface area contributed by atoms with E-state index in [2.05, 4.69) is 27.7 Å². The molecule has 9 heteroatoms. The molecule has 1 aliphatic rings. The Morgan fingerprint density at radius 3 is 2.87 bits per heavy atom. The number of aromatic nitrogens is 5. The first-order chi connectivity index (χ1) is 15.2. The van der Waals surface area contributed by atoms with Crippen LogP contribution in [-0.4, -0.2) is 54.8 Å². The lowest BCUT2D eigenvalue weighted by molar-refractivity contribution is -0.129. The fourth-order valence-corrected chi connectivity index (χ4v) is 5.69. The molecule has 1 atom stereocenters. The normalized spacial score (nSPS) is 16.7. The number of piperidine rings is 1. The zero-order valence-corrected chi connectivity index (χ0v) is 18.8. The molecule has 2 aromatic carbocycles. The summed E-state index contributed by atoms with van der Waals surface area (Å²) in [5.74, 6) is 0.742. The largest absolute Gasteiger partial charge is 0.341 e. The van der Waals surface area contributed by atoms with Crippen LogP contribution in [0.15, 0.2) is 53.7 Å². The quantitative estimate of drug-likeness (QED) is 0.427. The van der Waals surface area contributed by atoms with Gasteiger partial charge in [-0.05, 0) is 54.5 Å². The zero-order chi connectivity index (χ0) is 21.2. The van der Waals surface area contributed by atoms with Crippen LogP contribution in [0.3, 0.4) is 0 Å². The van der Waals surface area contributed by atoms with Gasteiger partial charge < -0.3 is 4.90 Å². The minimum absolute atomic E-state index is 0.120. The maximum Gasteiger partial charge on any atom is 0.233 e. The van der Waals surface area contributed by atoms with Crippen molar-refractivity contribution in [2.24, 2.45) is 0 Å². The summed E-state index contributed by atoms with van der Waals surface area (Å²) in [7, 11) is 0. The molecule has 1 amide bonds. The number of benzene rings is 2. The van der Waals surface area contributed by atoms with Gasteiger partial charge in [-0.3, -0.25) is 4.79 Å². The van der Waals surface area contributed by atoms with Gasteiger partial charge in [0.2, 0.25) is 11.1 Å². The molecule has 5 rings (SSSR count). The summed E-state index contributed by atoms with van der Waals surface area (Å²) in [5.41, 5.74) is 3.11. The molecule has 0 radical (unpaired) electrons. The molecular formula is C22H22N6OS2. The van der Waals surface area contributed by atoms with Crippen LogP contribution in [0.2, 0.25) is 0 Å². The second kappa shape index (κ2) is 8.76. The number of carbonyl (C=O) groups is 1. The molecule has 2 aromatic heterocycles. The van der Waals surface area contributed by atoms with Gasteiger partial charge in [0.05, 0.1) is 26.7 Å². The van der Waals surface area contributed by atoms with Crippen molar-refractivity contribution < 1.29 is 4.79 Å². The van der Waals surface area contributed by atoms with Gasteiger partial charge in [-0.15, -0.1) is 16.4 Å². The molecule has 7 nitrogen and oxygen atoms in total. The SMILES string of the molecule is Cc1ccc(-n2nnnc2SCC(=O)N2CCCC(c3nc4ccccc4s3)C2)cc1. The lowest BCUT2D eigenvalue weighted by atomic mass is 9.99. The summed E-state index contributed by atoms with van der Waals surface area (Å²) in [6.07, 6.45) is 2.07. The summed E-state index contributed by atoms with van der Waals surface area (Å²) < 4.78 is 2.89. The molecule has 0 spiro atoms. The first-order valence-corrected chi connectivity index (χ1v) is 12.1. The standard InChI is InChI=1S/C22H22N6OS2/c1-15-8-10-17(11-9-15)28-22(24-25-26-28)30-14-20(29)27-12-4-5-16(13-27)21-23-18-6-2-3-7-19(18)31-21/h2-3,6-11,16H,4-5,12-14H2,1H3. The number of thioether (sulfide) groups is 1. The van der Waals surface area contributed by atoms with Crippen molar-refractivity contribution in [2.45, 2.75) is 30.8 Å². The molecule has 158 valence electrons. The molecule has 1 unspecified atom stereocenters. The van der Waals surface area contributed by atoms with Crippen LogP contribution in [0.4, 0.5) is 0 Å². The molecule has 1 fully saturated rings. The number of carbonyl (C=O) groups excluding carboxylic acids is 1. The van der Waals surface area contributed by atoms with Crippen molar-refractivity contribution in [3.8, 4) is 5.69 Å². The molecule has 0 N–H and O–H groups in total. The van der Waals surface area contributed by atoms with Crippen molar-refractivity contribution in [1.82, 2.24) is 30.1 Å². The van der Waals surface area contributed by atoms with Gasteiger partial charge in [-0.25, -0.2) is 4.98 Å². The number of likely N-dealkylation sites (tertiary alicyclic amines) is 1. The molecular weight excluding hydrogens is 428 g/mol. The number of thiazole rings is 1. The van der Waals surface area contributed by atoms with Crippen molar-refractivity contribution in [1.29, 1.82) is 0 Å². The topological polar surface area (TPSA) is 76.8 Å². The third-order valence-electron chi connectivity index (χ3n) is 5.48. The summed E-state index contributed by atoms with van der Waals surface area (Å²) in [6.45, 7) is 3.56. The second-order valence-electron chi connectivity index (χ2n) is 7.70. The van der Waals surface area contributed by atoms with Gasteiger partial charge in [-0.2, -0.15) is 4.68 Å². The highest BCUT2D eigenvalue weighted by atomic mass is 32.2. The van der Waals surface area contributed by atoms with E-state index >= 15 is 0 Å². The van der Waals surface area contributed by atoms with Crippen molar-refractivity contribution in [2.75, 3.05) is 18.8 Å². The highest BCUT2D eigenvalue weighted by molar-refractivity contribution is 7.99. The lowest BCUT2D eigenvalue weighted by Gasteiger charge is -2.31. The number of hydrogen-bond acceptors (Lipinski definition) is 7. The van der Waals surface area contributed by atoms with E-state index < -0.39 is 0 Å². The monoisotopic (exact) mass is 450 g/mol. The third-order valence-corrected chi connectivity index (χ3v) is 7.58. The summed E-state index contributed by atoms with van der Waals surface area (Å²) in [6, 6.07) is 16.2. The van der Waals surface area contributed by atoms with Gasteiger partial charge in [-0.1, -0.05) is 41.6 Å². The number of tetrazole rings is 1. The highest BCUT2D eigenvalue weighted by Gasteiger charge is 2.27. The second-order valence-corrected chi connectivity index (χ2v) is 9.70. The number of amides is 1. The summed E-state index contributed by atoms with van der Waals surface area (Å²) >= 11 is 3.12. The Labute approximate surface area is 188 Å². The number of rotatable bonds is 5. The van der Waals surface area contributed by atoms with Crippen LogP contribution in [-0.2, 0) is 4.79 Å². The smallest absolute Gasteiger partial charge is 0.233 e. The van der Waals surface area contributed by atoms with E-state index in [4.69, 9.17) is 4.98 Å². The van der Waals surface area contributed by atoms with Crippen LogP contribution in [0.5, 0.6) is 0 Å². The predicted molar refractivity (Wildman–Crippen MR) is 123 cm³/mol. The van der Waals surface area contributed by atoms with Crippen LogP contribution in [0.25, 0.3) is 15.9 Å².